The van der Waals surface area contributed by atoms with Gasteiger partial charge in [-0.25, -0.2) is 4.79 Å². The first-order valence-corrected chi connectivity index (χ1v) is 7.53. The van der Waals surface area contributed by atoms with Gasteiger partial charge in [-0.3, -0.25) is 5.10 Å². The normalized spacial score (nSPS) is 17.4. The lowest BCUT2D eigenvalue weighted by atomic mass is 10.1. The van der Waals surface area contributed by atoms with Gasteiger partial charge in [0.05, 0.1) is 11.8 Å². The van der Waals surface area contributed by atoms with Crippen LogP contribution in [0, 0.1) is 0 Å². The second-order valence-electron chi connectivity index (χ2n) is 5.37. The molecule has 2 amide bonds. The quantitative estimate of drug-likeness (QED) is 0.791. The summed E-state index contributed by atoms with van der Waals surface area (Å²) in [5.41, 5.74) is 3.11. The van der Waals surface area contributed by atoms with Crippen LogP contribution in [0.15, 0.2) is 36.5 Å². The molecule has 1 aromatic heterocycles. The largest absolute Gasteiger partial charge is 0.376 e. The molecule has 6 heteroatoms. The van der Waals surface area contributed by atoms with Gasteiger partial charge < -0.3 is 15.4 Å². The van der Waals surface area contributed by atoms with E-state index in [9.17, 15) is 4.79 Å². The summed E-state index contributed by atoms with van der Waals surface area (Å²) in [5.74, 6) is 0. The van der Waals surface area contributed by atoms with Gasteiger partial charge in [0.2, 0.25) is 0 Å². The Bertz CT molecular complexity index is 589. The molecular weight excluding hydrogens is 280 g/mol. The Morgan fingerprint density at radius 2 is 2.14 bits per heavy atom. The van der Waals surface area contributed by atoms with Gasteiger partial charge in [0.1, 0.15) is 0 Å². The molecule has 2 aromatic rings. The maximum absolute atomic E-state index is 11.7. The van der Waals surface area contributed by atoms with Crippen LogP contribution in [0.3, 0.4) is 0 Å². The fourth-order valence-electron chi connectivity index (χ4n) is 2.48. The van der Waals surface area contributed by atoms with E-state index in [2.05, 4.69) is 20.8 Å². The number of carbonyl (C=O) groups is 1. The average molecular weight is 300 g/mol. The molecule has 3 N–H and O–H groups in total. The summed E-state index contributed by atoms with van der Waals surface area (Å²) in [6.07, 6.45) is 3.99. The maximum atomic E-state index is 11.7. The molecule has 1 unspecified atom stereocenters. The molecule has 3 rings (SSSR count). The van der Waals surface area contributed by atoms with Crippen LogP contribution in [0.25, 0.3) is 11.3 Å². The molecule has 2 heterocycles. The molecule has 1 aliphatic rings. The molecule has 1 aliphatic heterocycles. The lowest BCUT2D eigenvalue weighted by Crippen LogP contribution is -2.39. The third-order valence-corrected chi connectivity index (χ3v) is 3.73. The summed E-state index contributed by atoms with van der Waals surface area (Å²) in [6.45, 7) is 1.88. The molecule has 0 radical (unpaired) electrons. The highest BCUT2D eigenvalue weighted by atomic mass is 16.5. The summed E-state index contributed by atoms with van der Waals surface area (Å²) in [7, 11) is 0. The number of nitrogens with one attached hydrogen (secondary N) is 3. The third kappa shape index (κ3) is 3.85. The Balaban J connectivity index is 1.43. The van der Waals surface area contributed by atoms with E-state index >= 15 is 0 Å². The van der Waals surface area contributed by atoms with E-state index < -0.39 is 0 Å². The Kier molecular flexibility index (Phi) is 4.70. The van der Waals surface area contributed by atoms with E-state index in [-0.39, 0.29) is 12.1 Å². The molecule has 0 saturated carbocycles. The lowest BCUT2D eigenvalue weighted by Gasteiger charge is -2.12. The van der Waals surface area contributed by atoms with Gasteiger partial charge in [-0.05, 0) is 30.0 Å². The van der Waals surface area contributed by atoms with Gasteiger partial charge >= 0.3 is 6.03 Å². The summed E-state index contributed by atoms with van der Waals surface area (Å²) in [5, 5.41) is 12.5. The van der Waals surface area contributed by atoms with Gasteiger partial charge in [0, 0.05) is 25.9 Å². The van der Waals surface area contributed by atoms with Crippen molar-refractivity contribution in [3.63, 3.8) is 0 Å². The molecule has 0 bridgehead atoms. The van der Waals surface area contributed by atoms with E-state index in [1.165, 1.54) is 0 Å². The van der Waals surface area contributed by atoms with Gasteiger partial charge in [-0.15, -0.1) is 0 Å². The van der Waals surface area contributed by atoms with E-state index in [0.717, 1.165) is 36.3 Å². The van der Waals surface area contributed by atoms with Gasteiger partial charge in [0.15, 0.2) is 0 Å². The van der Waals surface area contributed by atoms with Gasteiger partial charge in [-0.1, -0.05) is 24.3 Å². The molecule has 22 heavy (non-hydrogen) atoms. The fourth-order valence-corrected chi connectivity index (χ4v) is 2.48. The zero-order chi connectivity index (χ0) is 15.2. The van der Waals surface area contributed by atoms with Crippen molar-refractivity contribution in [2.75, 3.05) is 13.2 Å². The molecule has 1 fully saturated rings. The van der Waals surface area contributed by atoms with E-state index in [1.54, 1.807) is 6.20 Å². The van der Waals surface area contributed by atoms with Crippen LogP contribution in [0.1, 0.15) is 18.4 Å². The van der Waals surface area contributed by atoms with Crippen molar-refractivity contribution >= 4 is 6.03 Å². The van der Waals surface area contributed by atoms with E-state index in [0.29, 0.717) is 13.1 Å². The van der Waals surface area contributed by atoms with Crippen LogP contribution in [0.2, 0.25) is 0 Å². The first kappa shape index (κ1) is 14.6. The number of aromatic amines is 1. The van der Waals surface area contributed by atoms with Crippen molar-refractivity contribution < 1.29 is 9.53 Å². The highest BCUT2D eigenvalue weighted by molar-refractivity contribution is 5.73. The SMILES string of the molecule is O=C(NCc1ccc(-c2ccn[nH]2)cc1)NCC1CCCO1. The number of nitrogens with zero attached hydrogens (tertiary/aromatic N) is 1. The molecule has 1 aromatic carbocycles. The topological polar surface area (TPSA) is 79.0 Å². The molecule has 116 valence electrons. The third-order valence-electron chi connectivity index (χ3n) is 3.73. The van der Waals surface area contributed by atoms with Crippen molar-refractivity contribution in [2.45, 2.75) is 25.5 Å². The van der Waals surface area contributed by atoms with Crippen molar-refractivity contribution in [2.24, 2.45) is 0 Å². The Morgan fingerprint density at radius 3 is 2.82 bits per heavy atom. The van der Waals surface area contributed by atoms with Crippen LogP contribution in [-0.2, 0) is 11.3 Å². The molecule has 0 spiro atoms. The predicted octanol–water partition coefficient (Wildman–Crippen LogP) is 2.05. The summed E-state index contributed by atoms with van der Waals surface area (Å²) < 4.78 is 5.46. The van der Waals surface area contributed by atoms with Crippen LogP contribution in [0.4, 0.5) is 4.79 Å². The highest BCUT2D eigenvalue weighted by Gasteiger charge is 2.15. The summed E-state index contributed by atoms with van der Waals surface area (Å²) >= 11 is 0. The number of aromatic nitrogens is 2. The summed E-state index contributed by atoms with van der Waals surface area (Å²) in [4.78, 5) is 11.7. The summed E-state index contributed by atoms with van der Waals surface area (Å²) in [6, 6.07) is 9.77. The van der Waals surface area contributed by atoms with Crippen molar-refractivity contribution in [1.82, 2.24) is 20.8 Å². The number of hydrogen-bond acceptors (Lipinski definition) is 3. The van der Waals surface area contributed by atoms with Crippen molar-refractivity contribution in [1.29, 1.82) is 0 Å². The van der Waals surface area contributed by atoms with Gasteiger partial charge in [-0.2, -0.15) is 5.10 Å². The van der Waals surface area contributed by atoms with E-state index in [1.807, 2.05) is 30.3 Å². The zero-order valence-corrected chi connectivity index (χ0v) is 12.3. The second-order valence-corrected chi connectivity index (χ2v) is 5.37. The van der Waals surface area contributed by atoms with Crippen LogP contribution in [-0.4, -0.2) is 35.5 Å². The predicted molar refractivity (Wildman–Crippen MR) is 83.2 cm³/mol. The number of urea groups is 1. The first-order chi connectivity index (χ1) is 10.8. The highest BCUT2D eigenvalue weighted by Crippen LogP contribution is 2.16. The lowest BCUT2D eigenvalue weighted by molar-refractivity contribution is 0.111. The molecule has 0 aliphatic carbocycles. The minimum absolute atomic E-state index is 0.159. The van der Waals surface area contributed by atoms with Crippen LogP contribution >= 0.6 is 0 Å². The van der Waals surface area contributed by atoms with Crippen molar-refractivity contribution in [3.8, 4) is 11.3 Å². The molecule has 6 nitrogen and oxygen atoms in total. The minimum atomic E-state index is -0.159. The standard InChI is InChI=1S/C16H20N4O2/c21-16(18-11-14-2-1-9-22-14)17-10-12-3-5-13(6-4-12)15-7-8-19-20-15/h3-8,14H,1-2,9-11H2,(H,19,20)(H2,17,18,21). The Morgan fingerprint density at radius 1 is 1.27 bits per heavy atom. The number of amides is 2. The molecule has 1 saturated heterocycles. The van der Waals surface area contributed by atoms with Gasteiger partial charge in [0.25, 0.3) is 0 Å². The number of rotatable bonds is 5. The smallest absolute Gasteiger partial charge is 0.315 e. The van der Waals surface area contributed by atoms with Crippen molar-refractivity contribution in [3.05, 3.63) is 42.1 Å². The Labute approximate surface area is 129 Å². The molecule has 1 atom stereocenters. The average Bonchev–Trinajstić information content (AvgIpc) is 3.24. The zero-order valence-electron chi connectivity index (χ0n) is 12.3. The fraction of sp³-hybridized carbons (Fsp3) is 0.375. The van der Waals surface area contributed by atoms with Crippen LogP contribution in [0.5, 0.6) is 0 Å². The number of benzene rings is 1. The Hall–Kier alpha value is -2.34. The molecular formula is C16H20N4O2. The van der Waals surface area contributed by atoms with E-state index in [4.69, 9.17) is 4.74 Å². The number of H-pyrrole nitrogens is 1. The number of ether oxygens (including phenoxy) is 1. The monoisotopic (exact) mass is 300 g/mol. The van der Waals surface area contributed by atoms with Crippen LogP contribution < -0.4 is 10.6 Å². The minimum Gasteiger partial charge on any atom is -0.376 e. The first-order valence-electron chi connectivity index (χ1n) is 7.53. The number of hydrogen-bond donors (Lipinski definition) is 3. The number of carbonyl (C=O) groups excluding carboxylic acids is 1. The second kappa shape index (κ2) is 7.09. The maximum Gasteiger partial charge on any atom is 0.315 e.